The van der Waals surface area contributed by atoms with Crippen LogP contribution >= 0.6 is 0 Å². The zero-order valence-electron chi connectivity index (χ0n) is 20.1. The molecule has 3 aromatic rings. The smallest absolute Gasteiger partial charge is 0.294 e. The van der Waals surface area contributed by atoms with Crippen molar-refractivity contribution >= 4 is 23.3 Å². The first-order valence-corrected chi connectivity index (χ1v) is 11.6. The molecule has 0 spiro atoms. The summed E-state index contributed by atoms with van der Waals surface area (Å²) in [6, 6.07) is 5.15. The van der Waals surface area contributed by atoms with Gasteiger partial charge >= 0.3 is 0 Å². The maximum absolute atomic E-state index is 13.6. The lowest BCUT2D eigenvalue weighted by atomic mass is 10.0. The van der Waals surface area contributed by atoms with E-state index in [0.717, 1.165) is 12.8 Å². The van der Waals surface area contributed by atoms with Gasteiger partial charge < -0.3 is 19.7 Å². The average molecular weight is 482 g/mol. The van der Waals surface area contributed by atoms with Crippen LogP contribution in [0.1, 0.15) is 76.5 Å². The van der Waals surface area contributed by atoms with E-state index < -0.39 is 23.6 Å². The van der Waals surface area contributed by atoms with Crippen molar-refractivity contribution in [2.75, 3.05) is 5.32 Å². The molecule has 2 aromatic heterocycles. The van der Waals surface area contributed by atoms with Gasteiger partial charge in [-0.2, -0.15) is 4.98 Å². The number of amides is 2. The fourth-order valence-corrected chi connectivity index (χ4v) is 4.26. The van der Waals surface area contributed by atoms with E-state index in [9.17, 15) is 18.8 Å². The van der Waals surface area contributed by atoms with E-state index in [4.69, 9.17) is 4.52 Å². The van der Waals surface area contributed by atoms with Crippen molar-refractivity contribution in [2.24, 2.45) is 5.92 Å². The monoisotopic (exact) mass is 481 g/mol. The summed E-state index contributed by atoms with van der Waals surface area (Å²) < 4.78 is 20.5. The zero-order chi connectivity index (χ0) is 25.3. The number of hydrogen-bond donors (Lipinski definition) is 2. The Bertz CT molecular complexity index is 1290. The molecule has 1 aliphatic heterocycles. The minimum atomic E-state index is -0.813. The predicted molar refractivity (Wildman–Crippen MR) is 126 cm³/mol. The lowest BCUT2D eigenvalue weighted by Crippen LogP contribution is -2.37. The van der Waals surface area contributed by atoms with Gasteiger partial charge in [0.1, 0.15) is 11.9 Å². The van der Waals surface area contributed by atoms with Crippen molar-refractivity contribution in [1.82, 2.24) is 20.0 Å². The fraction of sp³-hybridized carbons (Fsp3) is 0.400. The molecule has 0 radical (unpaired) electrons. The summed E-state index contributed by atoms with van der Waals surface area (Å²) in [7, 11) is 0. The summed E-state index contributed by atoms with van der Waals surface area (Å²) in [4.78, 5) is 43.4. The SMILES string of the molecule is Cc1noc(C(NC(=O)C(=O)c2cc(C(=O)Nc3ccc(F)c(C)c3)c3n2CCCC3)C(C)C)n1. The molecule has 1 aromatic carbocycles. The highest BCUT2D eigenvalue weighted by Gasteiger charge is 2.32. The Morgan fingerprint density at radius 3 is 2.57 bits per heavy atom. The zero-order valence-corrected chi connectivity index (χ0v) is 20.1. The molecule has 2 N–H and O–H groups in total. The highest BCUT2D eigenvalue weighted by molar-refractivity contribution is 6.42. The maximum atomic E-state index is 13.6. The van der Waals surface area contributed by atoms with Crippen molar-refractivity contribution < 1.29 is 23.3 Å². The largest absolute Gasteiger partial charge is 0.341 e. The fourth-order valence-electron chi connectivity index (χ4n) is 4.26. The number of benzene rings is 1. The van der Waals surface area contributed by atoms with Crippen molar-refractivity contribution in [2.45, 2.75) is 59.5 Å². The van der Waals surface area contributed by atoms with Crippen LogP contribution in [0.2, 0.25) is 0 Å². The van der Waals surface area contributed by atoms with Crippen molar-refractivity contribution in [3.8, 4) is 0 Å². The summed E-state index contributed by atoms with van der Waals surface area (Å²) in [5, 5.41) is 9.24. The van der Waals surface area contributed by atoms with Crippen molar-refractivity contribution in [3.63, 3.8) is 0 Å². The molecule has 1 atom stereocenters. The van der Waals surface area contributed by atoms with Gasteiger partial charge in [0.25, 0.3) is 17.6 Å². The Kier molecular flexibility index (Phi) is 6.81. The van der Waals surface area contributed by atoms with Crippen LogP contribution in [-0.2, 0) is 17.8 Å². The number of Topliss-reactive ketones (excluding diaryl/α,β-unsaturated/α-hetero) is 1. The number of carbonyl (C=O) groups is 3. The molecule has 0 bridgehead atoms. The first-order chi connectivity index (χ1) is 16.7. The second kappa shape index (κ2) is 9.81. The minimum absolute atomic E-state index is 0.103. The number of hydrogen-bond acceptors (Lipinski definition) is 6. The van der Waals surface area contributed by atoms with E-state index in [1.54, 1.807) is 24.5 Å². The van der Waals surface area contributed by atoms with Crippen LogP contribution in [0.4, 0.5) is 10.1 Å². The van der Waals surface area contributed by atoms with Crippen LogP contribution in [0.5, 0.6) is 0 Å². The lowest BCUT2D eigenvalue weighted by Gasteiger charge is -2.20. The number of anilines is 1. The Morgan fingerprint density at radius 1 is 1.14 bits per heavy atom. The number of fused-ring (bicyclic) bond motifs is 1. The second-order valence-electron chi connectivity index (χ2n) is 9.12. The number of aromatic nitrogens is 3. The summed E-state index contributed by atoms with van der Waals surface area (Å²) in [5.74, 6) is -1.78. The third-order valence-corrected chi connectivity index (χ3v) is 6.12. The molecule has 0 saturated carbocycles. The van der Waals surface area contributed by atoms with E-state index in [-0.39, 0.29) is 23.3 Å². The third-order valence-electron chi connectivity index (χ3n) is 6.12. The highest BCUT2D eigenvalue weighted by Crippen LogP contribution is 2.26. The van der Waals surface area contributed by atoms with Gasteiger partial charge in [0.2, 0.25) is 5.89 Å². The van der Waals surface area contributed by atoms with Crippen molar-refractivity contribution in [3.05, 3.63) is 64.3 Å². The number of aryl methyl sites for hydroxylation is 2. The van der Waals surface area contributed by atoms with Gasteiger partial charge in [0, 0.05) is 17.9 Å². The Labute approximate surface area is 202 Å². The normalized spacial score (nSPS) is 13.9. The van der Waals surface area contributed by atoms with Crippen LogP contribution in [0, 0.1) is 25.6 Å². The van der Waals surface area contributed by atoms with Crippen LogP contribution in [0.15, 0.2) is 28.8 Å². The minimum Gasteiger partial charge on any atom is -0.341 e. The molecule has 9 nitrogen and oxygen atoms in total. The van der Waals surface area contributed by atoms with Gasteiger partial charge in [-0.1, -0.05) is 19.0 Å². The standard InChI is InChI=1S/C25H28FN5O4/c1-13(2)21(25-27-15(4)30-35-25)29-24(34)22(32)20-12-17(19-7-5-6-10-31(19)20)23(33)28-16-8-9-18(26)14(3)11-16/h8-9,11-13,21H,5-7,10H2,1-4H3,(H,28,33)(H,29,34). The van der Waals surface area contributed by atoms with Gasteiger partial charge in [-0.25, -0.2) is 4.39 Å². The van der Waals surface area contributed by atoms with Crippen molar-refractivity contribution in [1.29, 1.82) is 0 Å². The third kappa shape index (κ3) is 5.01. The van der Waals surface area contributed by atoms with Crippen LogP contribution in [-0.4, -0.2) is 32.3 Å². The van der Waals surface area contributed by atoms with E-state index >= 15 is 0 Å². The molecular formula is C25H28FN5O4. The molecular weight excluding hydrogens is 453 g/mol. The summed E-state index contributed by atoms with van der Waals surface area (Å²) in [5.41, 5.74) is 2.05. The van der Waals surface area contributed by atoms with Gasteiger partial charge in [0.05, 0.1) is 11.3 Å². The van der Waals surface area contributed by atoms with Crippen LogP contribution in [0.25, 0.3) is 0 Å². The molecule has 2 amide bonds. The summed E-state index contributed by atoms with van der Waals surface area (Å²) in [6.45, 7) is 7.55. The van der Waals surface area contributed by atoms with Gasteiger partial charge in [0.15, 0.2) is 5.82 Å². The van der Waals surface area contributed by atoms with E-state index in [0.29, 0.717) is 41.3 Å². The average Bonchev–Trinajstić information content (AvgIpc) is 3.43. The molecule has 0 fully saturated rings. The van der Waals surface area contributed by atoms with E-state index in [1.165, 1.54) is 18.2 Å². The number of ketones is 1. The Morgan fingerprint density at radius 2 is 1.91 bits per heavy atom. The first-order valence-electron chi connectivity index (χ1n) is 11.6. The summed E-state index contributed by atoms with van der Waals surface area (Å²) in [6.07, 6.45) is 2.30. The van der Waals surface area contributed by atoms with Gasteiger partial charge in [-0.3, -0.25) is 14.4 Å². The molecule has 1 aliphatic rings. The molecule has 3 heterocycles. The number of nitrogens with zero attached hydrogens (tertiary/aromatic N) is 3. The predicted octanol–water partition coefficient (Wildman–Crippen LogP) is 3.91. The van der Waals surface area contributed by atoms with Crippen LogP contribution in [0.3, 0.4) is 0 Å². The lowest BCUT2D eigenvalue weighted by molar-refractivity contribution is -0.118. The number of carbonyl (C=O) groups excluding carboxylic acids is 3. The number of halogens is 1. The molecule has 0 aliphatic carbocycles. The Balaban J connectivity index is 1.59. The molecule has 1 unspecified atom stereocenters. The quantitative estimate of drug-likeness (QED) is 0.390. The van der Waals surface area contributed by atoms with Gasteiger partial charge in [-0.05, 0) is 68.9 Å². The van der Waals surface area contributed by atoms with E-state index in [1.807, 2.05) is 13.8 Å². The van der Waals surface area contributed by atoms with Crippen LogP contribution < -0.4 is 10.6 Å². The molecule has 35 heavy (non-hydrogen) atoms. The van der Waals surface area contributed by atoms with E-state index in [2.05, 4.69) is 20.8 Å². The van der Waals surface area contributed by atoms with Gasteiger partial charge in [-0.15, -0.1) is 0 Å². The number of nitrogens with one attached hydrogen (secondary N) is 2. The number of rotatable bonds is 7. The molecule has 0 saturated heterocycles. The molecule has 4 rings (SSSR count). The second-order valence-corrected chi connectivity index (χ2v) is 9.12. The topological polar surface area (TPSA) is 119 Å². The summed E-state index contributed by atoms with van der Waals surface area (Å²) >= 11 is 0. The highest BCUT2D eigenvalue weighted by atomic mass is 19.1. The Hall–Kier alpha value is -3.82. The first kappa shape index (κ1) is 24.3. The molecule has 10 heteroatoms. The molecule has 184 valence electrons. The maximum Gasteiger partial charge on any atom is 0.294 e.